The van der Waals surface area contributed by atoms with Crippen molar-refractivity contribution in [2.24, 2.45) is 0 Å². The van der Waals surface area contributed by atoms with Crippen molar-refractivity contribution in [3.63, 3.8) is 0 Å². The third kappa shape index (κ3) is 2.76. The Labute approximate surface area is 129 Å². The molecule has 110 valence electrons. The lowest BCUT2D eigenvalue weighted by Gasteiger charge is -2.28. The summed E-state index contributed by atoms with van der Waals surface area (Å²) in [6.07, 6.45) is 2.58. The molecule has 0 saturated heterocycles. The van der Waals surface area contributed by atoms with Crippen LogP contribution in [0.1, 0.15) is 23.6 Å². The van der Waals surface area contributed by atoms with Crippen LogP contribution in [0.3, 0.4) is 0 Å². The summed E-state index contributed by atoms with van der Waals surface area (Å²) in [5.74, 6) is 1.71. The second-order valence-electron chi connectivity index (χ2n) is 5.03. The van der Waals surface area contributed by atoms with Crippen molar-refractivity contribution in [1.29, 1.82) is 0 Å². The first-order chi connectivity index (χ1) is 10.2. The first-order valence-corrected chi connectivity index (χ1v) is 7.25. The number of methoxy groups -OCH3 is 1. The van der Waals surface area contributed by atoms with E-state index in [1.165, 1.54) is 0 Å². The fraction of sp³-hybridized carbons (Fsp3) is 0.312. The smallest absolute Gasteiger partial charge is 0.152 e. The zero-order chi connectivity index (χ0) is 14.8. The monoisotopic (exact) mass is 304 g/mol. The molecule has 0 spiro atoms. The molecule has 2 aromatic rings. The Hall–Kier alpha value is -1.94. The van der Waals surface area contributed by atoms with Crippen molar-refractivity contribution < 1.29 is 9.47 Å². The maximum absolute atomic E-state index is 6.20. The Balaban J connectivity index is 1.95. The van der Waals surface area contributed by atoms with E-state index in [2.05, 4.69) is 10.3 Å². The summed E-state index contributed by atoms with van der Waals surface area (Å²) in [4.78, 5) is 4.14. The third-order valence-corrected chi connectivity index (χ3v) is 3.97. The Morgan fingerprint density at radius 3 is 3.00 bits per heavy atom. The normalized spacial score (nSPS) is 16.8. The lowest BCUT2D eigenvalue weighted by Crippen LogP contribution is -2.21. The van der Waals surface area contributed by atoms with Crippen molar-refractivity contribution >= 4 is 17.3 Å². The van der Waals surface area contributed by atoms with Gasteiger partial charge in [-0.25, -0.2) is 4.98 Å². The van der Waals surface area contributed by atoms with E-state index in [1.54, 1.807) is 13.3 Å². The molecule has 0 fully saturated rings. The van der Waals surface area contributed by atoms with Gasteiger partial charge in [-0.15, -0.1) is 0 Å². The van der Waals surface area contributed by atoms with Crippen LogP contribution in [0.25, 0.3) is 0 Å². The minimum Gasteiger partial charge on any atom is -0.497 e. The standard InChI is InChI=1S/C16H17ClN2O2/c1-10-5-7-18-16(17)15(10)19-13-6-8-21-14-4-3-11(20-2)9-12(13)14/h3-5,7,9,13,19H,6,8H2,1-2H3. The minimum absolute atomic E-state index is 0.129. The Bertz CT molecular complexity index is 640. The molecule has 1 N–H and O–H groups in total. The van der Waals surface area contributed by atoms with Gasteiger partial charge in [0.15, 0.2) is 5.15 Å². The Morgan fingerprint density at radius 2 is 2.24 bits per heavy atom. The van der Waals surface area contributed by atoms with Gasteiger partial charge in [0, 0.05) is 18.2 Å². The van der Waals surface area contributed by atoms with E-state index < -0.39 is 0 Å². The zero-order valence-corrected chi connectivity index (χ0v) is 12.8. The summed E-state index contributed by atoms with van der Waals surface area (Å²) in [6, 6.07) is 7.93. The number of hydrogen-bond acceptors (Lipinski definition) is 4. The maximum atomic E-state index is 6.20. The highest BCUT2D eigenvalue weighted by atomic mass is 35.5. The molecule has 1 aliphatic heterocycles. The molecule has 0 radical (unpaired) electrons. The van der Waals surface area contributed by atoms with Crippen molar-refractivity contribution in [2.75, 3.05) is 19.0 Å². The molecule has 0 amide bonds. The van der Waals surface area contributed by atoms with Crippen LogP contribution < -0.4 is 14.8 Å². The van der Waals surface area contributed by atoms with E-state index in [0.717, 1.165) is 34.7 Å². The summed E-state index contributed by atoms with van der Waals surface area (Å²) in [6.45, 7) is 2.69. The fourth-order valence-electron chi connectivity index (χ4n) is 2.52. The van der Waals surface area contributed by atoms with E-state index in [0.29, 0.717) is 11.8 Å². The van der Waals surface area contributed by atoms with Crippen LogP contribution in [0.4, 0.5) is 5.69 Å². The van der Waals surface area contributed by atoms with Gasteiger partial charge < -0.3 is 14.8 Å². The summed E-state index contributed by atoms with van der Waals surface area (Å²) in [5.41, 5.74) is 3.03. The highest BCUT2D eigenvalue weighted by Crippen LogP contribution is 2.38. The largest absolute Gasteiger partial charge is 0.497 e. The maximum Gasteiger partial charge on any atom is 0.152 e. The molecule has 3 rings (SSSR count). The molecule has 21 heavy (non-hydrogen) atoms. The number of nitrogens with one attached hydrogen (secondary N) is 1. The van der Waals surface area contributed by atoms with Crippen molar-refractivity contribution in [1.82, 2.24) is 4.98 Å². The first-order valence-electron chi connectivity index (χ1n) is 6.87. The van der Waals surface area contributed by atoms with Gasteiger partial charge in [0.1, 0.15) is 11.5 Å². The summed E-state index contributed by atoms with van der Waals surface area (Å²) in [7, 11) is 1.66. The van der Waals surface area contributed by atoms with Gasteiger partial charge >= 0.3 is 0 Å². The van der Waals surface area contributed by atoms with Crippen LogP contribution in [0.5, 0.6) is 11.5 Å². The molecular weight excluding hydrogens is 288 g/mol. The van der Waals surface area contributed by atoms with E-state index in [4.69, 9.17) is 21.1 Å². The summed E-state index contributed by atoms with van der Waals surface area (Å²) < 4.78 is 11.0. The molecule has 1 aliphatic rings. The number of hydrogen-bond donors (Lipinski definition) is 1. The van der Waals surface area contributed by atoms with Crippen LogP contribution in [-0.4, -0.2) is 18.7 Å². The molecule has 4 nitrogen and oxygen atoms in total. The van der Waals surface area contributed by atoms with Gasteiger partial charge in [-0.1, -0.05) is 11.6 Å². The molecule has 1 unspecified atom stereocenters. The van der Waals surface area contributed by atoms with Gasteiger partial charge in [0.2, 0.25) is 0 Å². The average molecular weight is 305 g/mol. The highest BCUT2D eigenvalue weighted by Gasteiger charge is 2.23. The van der Waals surface area contributed by atoms with Crippen LogP contribution in [0.2, 0.25) is 5.15 Å². The number of halogens is 1. The Morgan fingerprint density at radius 1 is 1.38 bits per heavy atom. The van der Waals surface area contributed by atoms with Crippen LogP contribution >= 0.6 is 11.6 Å². The molecule has 1 aromatic heterocycles. The fourth-order valence-corrected chi connectivity index (χ4v) is 2.78. The molecular formula is C16H17ClN2O2. The van der Waals surface area contributed by atoms with Crippen LogP contribution in [-0.2, 0) is 0 Å². The number of aryl methyl sites for hydroxylation is 1. The molecule has 0 bridgehead atoms. The van der Waals surface area contributed by atoms with E-state index in [-0.39, 0.29) is 6.04 Å². The molecule has 1 aromatic carbocycles. The Kier molecular flexibility index (Phi) is 3.88. The number of pyridine rings is 1. The number of aromatic nitrogens is 1. The van der Waals surface area contributed by atoms with E-state index in [1.807, 2.05) is 31.2 Å². The minimum atomic E-state index is 0.129. The van der Waals surface area contributed by atoms with Crippen molar-refractivity contribution in [3.05, 3.63) is 46.7 Å². The predicted octanol–water partition coefficient (Wildman–Crippen LogP) is 3.99. The second-order valence-corrected chi connectivity index (χ2v) is 5.39. The lowest BCUT2D eigenvalue weighted by molar-refractivity contribution is 0.273. The lowest BCUT2D eigenvalue weighted by atomic mass is 9.99. The highest BCUT2D eigenvalue weighted by molar-refractivity contribution is 6.32. The third-order valence-electron chi connectivity index (χ3n) is 3.69. The number of anilines is 1. The predicted molar refractivity (Wildman–Crippen MR) is 83.5 cm³/mol. The quantitative estimate of drug-likeness (QED) is 0.871. The van der Waals surface area contributed by atoms with Crippen LogP contribution in [0.15, 0.2) is 30.5 Å². The number of benzene rings is 1. The first kappa shape index (κ1) is 14.0. The van der Waals surface area contributed by atoms with E-state index in [9.17, 15) is 0 Å². The number of ether oxygens (including phenoxy) is 2. The van der Waals surface area contributed by atoms with Gasteiger partial charge in [0.25, 0.3) is 0 Å². The van der Waals surface area contributed by atoms with Gasteiger partial charge in [-0.05, 0) is 36.8 Å². The van der Waals surface area contributed by atoms with Crippen molar-refractivity contribution in [2.45, 2.75) is 19.4 Å². The summed E-state index contributed by atoms with van der Waals surface area (Å²) in [5, 5.41) is 3.99. The van der Waals surface area contributed by atoms with Gasteiger partial charge in [-0.3, -0.25) is 0 Å². The van der Waals surface area contributed by atoms with Crippen LogP contribution in [0, 0.1) is 6.92 Å². The number of rotatable bonds is 3. The second kappa shape index (κ2) is 5.82. The number of nitrogens with zero attached hydrogens (tertiary/aromatic N) is 1. The SMILES string of the molecule is COc1ccc2c(c1)C(Nc1c(C)ccnc1Cl)CCO2. The molecule has 5 heteroatoms. The molecule has 0 saturated carbocycles. The molecule has 1 atom stereocenters. The van der Waals surface area contributed by atoms with E-state index >= 15 is 0 Å². The zero-order valence-electron chi connectivity index (χ0n) is 12.0. The average Bonchev–Trinajstić information content (AvgIpc) is 2.50. The summed E-state index contributed by atoms with van der Waals surface area (Å²) >= 11 is 6.20. The topological polar surface area (TPSA) is 43.4 Å². The van der Waals surface area contributed by atoms with Gasteiger partial charge in [-0.2, -0.15) is 0 Å². The van der Waals surface area contributed by atoms with Gasteiger partial charge in [0.05, 0.1) is 25.4 Å². The molecule has 2 heterocycles. The number of fused-ring (bicyclic) bond motifs is 1. The molecule has 0 aliphatic carbocycles. The van der Waals surface area contributed by atoms with Crippen molar-refractivity contribution in [3.8, 4) is 11.5 Å².